The summed E-state index contributed by atoms with van der Waals surface area (Å²) in [7, 11) is 0. The molecule has 5 aromatic rings. The van der Waals surface area contributed by atoms with Crippen molar-refractivity contribution in [2.45, 2.75) is 46.7 Å². The van der Waals surface area contributed by atoms with E-state index in [4.69, 9.17) is 21.9 Å². The van der Waals surface area contributed by atoms with Gasteiger partial charge in [-0.05, 0) is 131 Å². The number of hydrogen-bond donors (Lipinski definition) is 1. The van der Waals surface area contributed by atoms with Gasteiger partial charge in [0, 0.05) is 47.7 Å². The molecule has 2 atom stereocenters. The highest BCUT2D eigenvalue weighted by molar-refractivity contribution is 7.80. The number of benzene rings is 3. The number of aromatic nitrogens is 2. The fraction of sp³-hybridized carbons (Fsp3) is 0.243. The Balaban J connectivity index is 1.38. The molecule has 2 aromatic heterocycles. The second-order valence-corrected chi connectivity index (χ2v) is 11.6. The SMILES string of the molecule is CCN(CC)c1ccc(-n2c(C)cc(C3C(c4ccccn4)NC(=S)N3c3ccc(Oc4ccccc4C)cc3)c2C)cc1. The van der Waals surface area contributed by atoms with Crippen LogP contribution < -0.4 is 19.9 Å². The lowest BCUT2D eigenvalue weighted by Crippen LogP contribution is -2.29. The minimum absolute atomic E-state index is 0.101. The number of para-hydroxylation sites is 1. The van der Waals surface area contributed by atoms with Crippen LogP contribution in [0.25, 0.3) is 5.69 Å². The van der Waals surface area contributed by atoms with E-state index in [0.29, 0.717) is 5.11 Å². The van der Waals surface area contributed by atoms with Gasteiger partial charge in [-0.3, -0.25) is 4.98 Å². The Hall–Kier alpha value is -4.62. The topological polar surface area (TPSA) is 45.6 Å². The molecule has 1 aliphatic heterocycles. The first kappa shape index (κ1) is 29.5. The van der Waals surface area contributed by atoms with Crippen molar-refractivity contribution < 1.29 is 4.74 Å². The molecule has 1 N–H and O–H groups in total. The third kappa shape index (κ3) is 5.55. The van der Waals surface area contributed by atoms with E-state index in [-0.39, 0.29) is 12.1 Å². The van der Waals surface area contributed by atoms with E-state index in [0.717, 1.165) is 47.2 Å². The van der Waals surface area contributed by atoms with Crippen LogP contribution in [0.2, 0.25) is 0 Å². The molecule has 0 amide bonds. The van der Waals surface area contributed by atoms with Crippen molar-refractivity contribution in [3.8, 4) is 17.2 Å². The number of hydrogen-bond acceptors (Lipinski definition) is 4. The molecule has 0 aliphatic carbocycles. The molecule has 3 aromatic carbocycles. The summed E-state index contributed by atoms with van der Waals surface area (Å²) in [6, 6.07) is 33.2. The van der Waals surface area contributed by atoms with E-state index in [1.54, 1.807) is 0 Å². The lowest BCUT2D eigenvalue weighted by Gasteiger charge is -2.28. The summed E-state index contributed by atoms with van der Waals surface area (Å²) in [4.78, 5) is 9.33. The van der Waals surface area contributed by atoms with E-state index >= 15 is 0 Å². The minimum atomic E-state index is -0.120. The summed E-state index contributed by atoms with van der Waals surface area (Å²) in [5.74, 6) is 1.63. The zero-order valence-corrected chi connectivity index (χ0v) is 26.8. The van der Waals surface area contributed by atoms with Gasteiger partial charge < -0.3 is 24.4 Å². The summed E-state index contributed by atoms with van der Waals surface area (Å²) < 4.78 is 8.54. The Labute approximate surface area is 265 Å². The Morgan fingerprint density at radius 3 is 2.18 bits per heavy atom. The van der Waals surface area contributed by atoms with Gasteiger partial charge in [-0.15, -0.1) is 0 Å². The first-order chi connectivity index (χ1) is 21.4. The first-order valence-electron chi connectivity index (χ1n) is 15.3. The summed E-state index contributed by atoms with van der Waals surface area (Å²) in [6.07, 6.45) is 1.85. The van der Waals surface area contributed by atoms with Crippen molar-refractivity contribution >= 4 is 28.7 Å². The molecule has 0 saturated carbocycles. The van der Waals surface area contributed by atoms with Gasteiger partial charge >= 0.3 is 0 Å². The van der Waals surface area contributed by atoms with Crippen LogP contribution in [0, 0.1) is 20.8 Å². The Morgan fingerprint density at radius 1 is 0.841 bits per heavy atom. The molecule has 3 heterocycles. The standard InChI is InChI=1S/C37H39N5OS/c1-6-40(7-2)28-15-17-29(18-16-28)41-26(4)24-32(27(41)5)36-35(33-13-10-11-23-38-33)39-37(44)42(36)30-19-21-31(22-20-30)43-34-14-9-8-12-25(34)3/h8-24,35-36H,6-7H2,1-5H3,(H,39,44). The molecule has 0 radical (unpaired) electrons. The van der Waals surface area contributed by atoms with Crippen LogP contribution in [-0.2, 0) is 0 Å². The predicted molar refractivity (Wildman–Crippen MR) is 184 cm³/mol. The third-order valence-electron chi connectivity index (χ3n) is 8.56. The van der Waals surface area contributed by atoms with Crippen LogP contribution >= 0.6 is 12.2 Å². The lowest BCUT2D eigenvalue weighted by molar-refractivity contribution is 0.479. The van der Waals surface area contributed by atoms with Crippen molar-refractivity contribution in [3.63, 3.8) is 0 Å². The summed E-state index contributed by atoms with van der Waals surface area (Å²) >= 11 is 6.01. The maximum atomic E-state index is 6.20. The average Bonchev–Trinajstić information content (AvgIpc) is 3.54. The second-order valence-electron chi connectivity index (χ2n) is 11.2. The molecular formula is C37H39N5OS. The van der Waals surface area contributed by atoms with Gasteiger partial charge in [-0.1, -0.05) is 24.3 Å². The average molecular weight is 602 g/mol. The maximum Gasteiger partial charge on any atom is 0.174 e. The number of rotatable bonds is 9. The number of aryl methyl sites for hydroxylation is 2. The minimum Gasteiger partial charge on any atom is -0.457 e. The molecule has 2 unspecified atom stereocenters. The van der Waals surface area contributed by atoms with Crippen LogP contribution in [0.15, 0.2) is 103 Å². The first-order valence-corrected chi connectivity index (χ1v) is 15.7. The van der Waals surface area contributed by atoms with Crippen molar-refractivity contribution in [3.05, 3.63) is 131 Å². The molecule has 224 valence electrons. The van der Waals surface area contributed by atoms with Crippen molar-refractivity contribution in [1.29, 1.82) is 0 Å². The molecular weight excluding hydrogens is 563 g/mol. The van der Waals surface area contributed by atoms with E-state index < -0.39 is 0 Å². The molecule has 0 bridgehead atoms. The highest BCUT2D eigenvalue weighted by atomic mass is 32.1. The molecule has 6 rings (SSSR count). The fourth-order valence-corrected chi connectivity index (χ4v) is 6.65. The molecule has 1 aliphatic rings. The van der Waals surface area contributed by atoms with E-state index in [1.807, 2.05) is 48.7 Å². The highest BCUT2D eigenvalue weighted by Gasteiger charge is 2.42. The Bertz CT molecular complexity index is 1740. The molecule has 7 heteroatoms. The van der Waals surface area contributed by atoms with Gasteiger partial charge in [0.25, 0.3) is 0 Å². The van der Waals surface area contributed by atoms with Crippen LogP contribution in [-0.4, -0.2) is 27.8 Å². The summed E-state index contributed by atoms with van der Waals surface area (Å²) in [5, 5.41) is 4.28. The van der Waals surface area contributed by atoms with Gasteiger partial charge in [-0.2, -0.15) is 0 Å². The van der Waals surface area contributed by atoms with E-state index in [1.165, 1.54) is 22.6 Å². The van der Waals surface area contributed by atoms with Gasteiger partial charge in [-0.25, -0.2) is 0 Å². The number of nitrogens with one attached hydrogen (secondary N) is 1. The van der Waals surface area contributed by atoms with Crippen LogP contribution in [0.3, 0.4) is 0 Å². The van der Waals surface area contributed by atoms with E-state index in [2.05, 4.69) is 109 Å². The maximum absolute atomic E-state index is 6.20. The van der Waals surface area contributed by atoms with Crippen LogP contribution in [0.1, 0.15) is 54.1 Å². The number of pyridine rings is 1. The molecule has 1 saturated heterocycles. The number of ether oxygens (including phenoxy) is 1. The number of anilines is 2. The molecule has 0 spiro atoms. The van der Waals surface area contributed by atoms with E-state index in [9.17, 15) is 0 Å². The number of nitrogens with zero attached hydrogens (tertiary/aromatic N) is 4. The zero-order valence-electron chi connectivity index (χ0n) is 26.0. The largest absolute Gasteiger partial charge is 0.457 e. The van der Waals surface area contributed by atoms with Crippen LogP contribution in [0.4, 0.5) is 11.4 Å². The monoisotopic (exact) mass is 601 g/mol. The Kier molecular flexibility index (Phi) is 8.40. The quantitative estimate of drug-likeness (QED) is 0.171. The molecule has 1 fully saturated rings. The Morgan fingerprint density at radius 2 is 1.52 bits per heavy atom. The van der Waals surface area contributed by atoms with Crippen molar-refractivity contribution in [2.24, 2.45) is 0 Å². The number of thiocarbonyl (C=S) groups is 1. The van der Waals surface area contributed by atoms with Crippen LogP contribution in [0.5, 0.6) is 11.5 Å². The van der Waals surface area contributed by atoms with Gasteiger partial charge in [0.05, 0.1) is 17.8 Å². The third-order valence-corrected chi connectivity index (χ3v) is 8.87. The summed E-state index contributed by atoms with van der Waals surface area (Å²) in [6.45, 7) is 12.8. The molecule has 44 heavy (non-hydrogen) atoms. The zero-order chi connectivity index (χ0) is 30.8. The predicted octanol–water partition coefficient (Wildman–Crippen LogP) is 8.61. The van der Waals surface area contributed by atoms with Gasteiger partial charge in [0.15, 0.2) is 5.11 Å². The smallest absolute Gasteiger partial charge is 0.174 e. The molecule has 6 nitrogen and oxygen atoms in total. The highest BCUT2D eigenvalue weighted by Crippen LogP contribution is 2.44. The second kappa shape index (κ2) is 12.5. The summed E-state index contributed by atoms with van der Waals surface area (Å²) in [5.41, 5.74) is 8.99. The van der Waals surface area contributed by atoms with Crippen molar-refractivity contribution in [1.82, 2.24) is 14.9 Å². The normalized spacial score (nSPS) is 16.2. The lowest BCUT2D eigenvalue weighted by atomic mass is 9.96. The van der Waals surface area contributed by atoms with Crippen molar-refractivity contribution in [2.75, 3.05) is 22.9 Å². The fourth-order valence-electron chi connectivity index (χ4n) is 6.31. The van der Waals surface area contributed by atoms with Gasteiger partial charge in [0.2, 0.25) is 0 Å². The van der Waals surface area contributed by atoms with Gasteiger partial charge in [0.1, 0.15) is 11.5 Å².